The van der Waals surface area contributed by atoms with Crippen molar-refractivity contribution in [1.82, 2.24) is 0 Å². The van der Waals surface area contributed by atoms with E-state index in [1.165, 1.54) is 23.5 Å². The highest BCUT2D eigenvalue weighted by Gasteiger charge is 2.17. The van der Waals surface area contributed by atoms with Gasteiger partial charge in [0.1, 0.15) is 5.75 Å². The number of rotatable bonds is 3. The second-order valence-corrected chi connectivity index (χ2v) is 7.74. The van der Waals surface area contributed by atoms with Crippen LogP contribution in [0.1, 0.15) is 26.9 Å². The molecular weight excluding hydrogens is 314 g/mol. The molecule has 0 spiro atoms. The lowest BCUT2D eigenvalue weighted by molar-refractivity contribution is 0.102. The summed E-state index contributed by atoms with van der Waals surface area (Å²) in [5.41, 5.74) is 2.28. The van der Waals surface area contributed by atoms with Crippen molar-refractivity contribution in [2.24, 2.45) is 0 Å². The Morgan fingerprint density at radius 1 is 1.05 bits per heavy atom. The Morgan fingerprint density at radius 2 is 1.73 bits per heavy atom. The number of phenols is 1. The number of carbonyl (C=O) groups excluding carboxylic acids is 1. The van der Waals surface area contributed by atoms with Gasteiger partial charge in [-0.1, -0.05) is 24.3 Å². The fourth-order valence-corrected chi connectivity index (χ4v) is 5.14. The Morgan fingerprint density at radius 3 is 2.41 bits per heavy atom. The SMILES string of the molecule is O=C(Nc1ccccc1O)c1ccc(C2SCCCS2)cc1. The van der Waals surface area contributed by atoms with Gasteiger partial charge in [0.2, 0.25) is 0 Å². The number of aromatic hydroxyl groups is 1. The van der Waals surface area contributed by atoms with Crippen LogP contribution in [0.4, 0.5) is 5.69 Å². The lowest BCUT2D eigenvalue weighted by atomic mass is 10.1. The predicted molar refractivity (Wildman–Crippen MR) is 94.8 cm³/mol. The summed E-state index contributed by atoms with van der Waals surface area (Å²) in [7, 11) is 0. The molecule has 1 amide bonds. The van der Waals surface area contributed by atoms with E-state index < -0.39 is 0 Å². The summed E-state index contributed by atoms with van der Waals surface area (Å²) in [6.07, 6.45) is 1.27. The van der Waals surface area contributed by atoms with Gasteiger partial charge in [-0.25, -0.2) is 0 Å². The molecule has 0 radical (unpaired) electrons. The number of phenolic OH excluding ortho intramolecular Hbond substituents is 1. The van der Waals surface area contributed by atoms with Crippen molar-refractivity contribution in [1.29, 1.82) is 0 Å². The number of para-hydroxylation sites is 2. The lowest BCUT2D eigenvalue weighted by Crippen LogP contribution is -2.12. The van der Waals surface area contributed by atoms with Crippen LogP contribution >= 0.6 is 23.5 Å². The van der Waals surface area contributed by atoms with E-state index in [2.05, 4.69) is 5.32 Å². The Hall–Kier alpha value is -1.59. The van der Waals surface area contributed by atoms with E-state index in [-0.39, 0.29) is 11.7 Å². The minimum Gasteiger partial charge on any atom is -0.506 e. The first-order chi connectivity index (χ1) is 10.7. The molecule has 114 valence electrons. The van der Waals surface area contributed by atoms with Crippen molar-refractivity contribution in [2.45, 2.75) is 11.0 Å². The standard InChI is InChI=1S/C17H17NO2S2/c19-15-5-2-1-4-14(15)18-16(20)12-6-8-13(9-7-12)17-21-10-3-11-22-17/h1-2,4-9,17,19H,3,10-11H2,(H,18,20). The van der Waals surface area contributed by atoms with Crippen LogP contribution in [0.3, 0.4) is 0 Å². The molecule has 2 N–H and O–H groups in total. The first-order valence-electron chi connectivity index (χ1n) is 7.16. The molecule has 3 nitrogen and oxygen atoms in total. The zero-order valence-electron chi connectivity index (χ0n) is 12.0. The third-order valence-corrected chi connectivity index (χ3v) is 6.44. The van der Waals surface area contributed by atoms with E-state index in [0.29, 0.717) is 15.8 Å². The number of hydrogen-bond donors (Lipinski definition) is 2. The summed E-state index contributed by atoms with van der Waals surface area (Å²) in [6.45, 7) is 0. The smallest absolute Gasteiger partial charge is 0.255 e. The molecular formula is C17H17NO2S2. The van der Waals surface area contributed by atoms with Gasteiger partial charge in [-0.15, -0.1) is 23.5 Å². The molecule has 1 heterocycles. The van der Waals surface area contributed by atoms with Gasteiger partial charge in [0.15, 0.2) is 0 Å². The molecule has 0 aromatic heterocycles. The minimum absolute atomic E-state index is 0.0717. The fourth-order valence-electron chi connectivity index (χ4n) is 2.25. The third kappa shape index (κ3) is 3.59. The summed E-state index contributed by atoms with van der Waals surface area (Å²) >= 11 is 3.93. The van der Waals surface area contributed by atoms with Gasteiger partial charge in [0, 0.05) is 5.56 Å². The van der Waals surface area contributed by atoms with Gasteiger partial charge in [0.05, 0.1) is 10.3 Å². The highest BCUT2D eigenvalue weighted by molar-refractivity contribution is 8.16. The van der Waals surface area contributed by atoms with E-state index in [0.717, 1.165) is 0 Å². The second-order valence-electron chi connectivity index (χ2n) is 5.02. The van der Waals surface area contributed by atoms with Crippen LogP contribution in [0, 0.1) is 0 Å². The summed E-state index contributed by atoms with van der Waals surface area (Å²) in [4.78, 5) is 12.2. The van der Waals surface area contributed by atoms with Crippen LogP contribution in [-0.2, 0) is 0 Å². The van der Waals surface area contributed by atoms with E-state index in [4.69, 9.17) is 0 Å². The van der Waals surface area contributed by atoms with Crippen LogP contribution < -0.4 is 5.32 Å². The first-order valence-corrected chi connectivity index (χ1v) is 9.26. The quantitative estimate of drug-likeness (QED) is 0.812. The van der Waals surface area contributed by atoms with Gasteiger partial charge >= 0.3 is 0 Å². The van der Waals surface area contributed by atoms with E-state index in [1.54, 1.807) is 24.3 Å². The van der Waals surface area contributed by atoms with Crippen molar-refractivity contribution in [2.75, 3.05) is 16.8 Å². The number of nitrogens with one attached hydrogen (secondary N) is 1. The van der Waals surface area contributed by atoms with Crippen LogP contribution in [0.15, 0.2) is 48.5 Å². The third-order valence-electron chi connectivity index (χ3n) is 3.42. The molecule has 2 aromatic rings. The largest absolute Gasteiger partial charge is 0.506 e. The number of anilines is 1. The molecule has 3 rings (SSSR count). The van der Waals surface area contributed by atoms with E-state index in [9.17, 15) is 9.90 Å². The van der Waals surface area contributed by atoms with Gasteiger partial charge in [-0.05, 0) is 47.8 Å². The van der Waals surface area contributed by atoms with Crippen molar-refractivity contribution in [3.8, 4) is 5.75 Å². The Bertz CT molecular complexity index is 652. The summed E-state index contributed by atoms with van der Waals surface area (Å²) in [5.74, 6) is 2.26. The average Bonchev–Trinajstić information content (AvgIpc) is 2.58. The molecule has 1 fully saturated rings. The molecule has 0 unspecified atom stereocenters. The highest BCUT2D eigenvalue weighted by Crippen LogP contribution is 2.43. The summed E-state index contributed by atoms with van der Waals surface area (Å²) in [6, 6.07) is 14.5. The number of amides is 1. The van der Waals surface area contributed by atoms with Crippen molar-refractivity contribution in [3.63, 3.8) is 0 Å². The van der Waals surface area contributed by atoms with Crippen molar-refractivity contribution >= 4 is 35.1 Å². The average molecular weight is 331 g/mol. The Balaban J connectivity index is 1.69. The molecule has 5 heteroatoms. The number of thioether (sulfide) groups is 2. The normalized spacial score (nSPS) is 15.5. The Labute approximate surface area is 138 Å². The van der Waals surface area contributed by atoms with Crippen LogP contribution in [-0.4, -0.2) is 22.5 Å². The van der Waals surface area contributed by atoms with Gasteiger partial charge < -0.3 is 10.4 Å². The topological polar surface area (TPSA) is 49.3 Å². The predicted octanol–water partition coefficient (Wildman–Crippen LogP) is 4.51. The van der Waals surface area contributed by atoms with Crippen molar-refractivity contribution < 1.29 is 9.90 Å². The monoisotopic (exact) mass is 331 g/mol. The maximum atomic E-state index is 12.2. The van der Waals surface area contributed by atoms with Crippen LogP contribution in [0.2, 0.25) is 0 Å². The molecule has 1 saturated heterocycles. The highest BCUT2D eigenvalue weighted by atomic mass is 32.2. The molecule has 0 bridgehead atoms. The second kappa shape index (κ2) is 7.11. The molecule has 0 atom stereocenters. The summed E-state index contributed by atoms with van der Waals surface area (Å²) in [5, 5.41) is 12.4. The maximum Gasteiger partial charge on any atom is 0.255 e. The molecule has 1 aliphatic heterocycles. The number of carbonyl (C=O) groups is 1. The number of benzene rings is 2. The minimum atomic E-state index is -0.211. The molecule has 0 aliphatic carbocycles. The number of hydrogen-bond acceptors (Lipinski definition) is 4. The Kier molecular flexibility index (Phi) is 4.95. The zero-order valence-corrected chi connectivity index (χ0v) is 13.6. The van der Waals surface area contributed by atoms with E-state index >= 15 is 0 Å². The van der Waals surface area contributed by atoms with Crippen molar-refractivity contribution in [3.05, 3.63) is 59.7 Å². The maximum absolute atomic E-state index is 12.2. The van der Waals surface area contributed by atoms with Gasteiger partial charge in [-0.2, -0.15) is 0 Å². The summed E-state index contributed by atoms with van der Waals surface area (Å²) < 4.78 is 0.476. The molecule has 1 aliphatic rings. The molecule has 0 saturated carbocycles. The fraction of sp³-hybridized carbons (Fsp3) is 0.235. The van der Waals surface area contributed by atoms with Crippen LogP contribution in [0.5, 0.6) is 5.75 Å². The zero-order chi connectivity index (χ0) is 15.4. The van der Waals surface area contributed by atoms with Gasteiger partial charge in [0.25, 0.3) is 5.91 Å². The van der Waals surface area contributed by atoms with Crippen LogP contribution in [0.25, 0.3) is 0 Å². The molecule has 2 aromatic carbocycles. The molecule has 22 heavy (non-hydrogen) atoms. The van der Waals surface area contributed by atoms with Gasteiger partial charge in [-0.3, -0.25) is 4.79 Å². The lowest BCUT2D eigenvalue weighted by Gasteiger charge is -2.21. The first kappa shape index (κ1) is 15.3. The van der Waals surface area contributed by atoms with E-state index in [1.807, 2.05) is 47.8 Å².